The van der Waals surface area contributed by atoms with E-state index in [1.54, 1.807) is 6.92 Å². The molecule has 9 nitrogen and oxygen atoms in total. The maximum Gasteiger partial charge on any atom is 0.252 e. The van der Waals surface area contributed by atoms with E-state index in [9.17, 15) is 19.5 Å². The fourth-order valence-electron chi connectivity index (χ4n) is 5.31. The van der Waals surface area contributed by atoms with Crippen molar-refractivity contribution in [1.29, 1.82) is 0 Å². The second kappa shape index (κ2) is 13.9. The number of aromatic nitrogens is 1. The maximum atomic E-state index is 12.5. The van der Waals surface area contributed by atoms with Crippen molar-refractivity contribution in [3.05, 3.63) is 55.0 Å². The first-order chi connectivity index (χ1) is 19.3. The molecule has 2 heterocycles. The molecule has 3 atom stereocenters. The van der Waals surface area contributed by atoms with Gasteiger partial charge in [-0.25, -0.2) is 0 Å². The van der Waals surface area contributed by atoms with Crippen LogP contribution in [0.3, 0.4) is 0 Å². The molecule has 1 aliphatic rings. The highest BCUT2D eigenvalue weighted by molar-refractivity contribution is 6.33. The largest absolute Gasteiger partial charge is 0.448 e. The fourth-order valence-corrected chi connectivity index (χ4v) is 5.63. The first-order valence-electron chi connectivity index (χ1n) is 14.4. The Morgan fingerprint density at radius 3 is 2.49 bits per heavy atom. The topological polar surface area (TPSA) is 121 Å². The Balaban J connectivity index is 1.70. The van der Waals surface area contributed by atoms with Crippen LogP contribution < -0.4 is 20.3 Å². The number of hydrogen-bond donors (Lipinski definition) is 3. The van der Waals surface area contributed by atoms with Crippen LogP contribution in [0.25, 0.3) is 0 Å². The summed E-state index contributed by atoms with van der Waals surface area (Å²) in [5.41, 5.74) is 4.24. The molecule has 3 unspecified atom stereocenters. The minimum absolute atomic E-state index is 0.0639. The number of halogens is 1. The zero-order chi connectivity index (χ0) is 30.5. The number of H-pyrrole nitrogens is 1. The van der Waals surface area contributed by atoms with Crippen molar-refractivity contribution in [1.82, 2.24) is 15.2 Å². The van der Waals surface area contributed by atoms with Gasteiger partial charge in [-0.15, -0.1) is 0 Å². The number of carbonyl (C=O) groups excluding carboxylic acids is 2. The van der Waals surface area contributed by atoms with Gasteiger partial charge in [0.25, 0.3) is 5.56 Å². The first-order valence-corrected chi connectivity index (χ1v) is 14.8. The number of aliphatic hydroxyl groups is 1. The number of benzene rings is 1. The lowest BCUT2D eigenvalue weighted by Crippen LogP contribution is -2.41. The molecule has 2 aromatic rings. The molecule has 0 saturated carbocycles. The lowest BCUT2D eigenvalue weighted by atomic mass is 9.98. The molecule has 0 saturated heterocycles. The number of nitrogens with zero attached hydrogens (tertiary/aromatic N) is 1. The molecule has 3 rings (SSSR count). The number of likely N-dealkylation sites (N-methyl/N-ethyl adjacent to an activating group) is 1. The summed E-state index contributed by atoms with van der Waals surface area (Å²) in [7, 11) is 1.93. The van der Waals surface area contributed by atoms with Crippen LogP contribution in [0.1, 0.15) is 91.2 Å². The van der Waals surface area contributed by atoms with Crippen LogP contribution in [-0.4, -0.2) is 58.7 Å². The van der Waals surface area contributed by atoms with Gasteiger partial charge in [0.15, 0.2) is 17.8 Å². The van der Waals surface area contributed by atoms with Crippen LogP contribution in [0, 0.1) is 20.8 Å². The fraction of sp³-hybridized carbons (Fsp3) is 0.581. The third-order valence-corrected chi connectivity index (χ3v) is 8.27. The number of aryl methyl sites for hydroxylation is 2. The van der Waals surface area contributed by atoms with Crippen LogP contribution in [-0.2, 0) is 17.8 Å². The summed E-state index contributed by atoms with van der Waals surface area (Å²) in [4.78, 5) is 41.6. The molecule has 1 aromatic carbocycles. The summed E-state index contributed by atoms with van der Waals surface area (Å²) in [6.45, 7) is 12.3. The summed E-state index contributed by atoms with van der Waals surface area (Å²) in [5.74, 6) is -0.409. The molecule has 0 bridgehead atoms. The quantitative estimate of drug-likeness (QED) is 0.272. The van der Waals surface area contributed by atoms with Crippen LogP contribution in [0.2, 0.25) is 5.02 Å². The van der Waals surface area contributed by atoms with Crippen LogP contribution >= 0.6 is 11.6 Å². The first kappa shape index (κ1) is 32.6. The summed E-state index contributed by atoms with van der Waals surface area (Å²) in [6, 6.07) is 1.89. The van der Waals surface area contributed by atoms with Gasteiger partial charge in [0.1, 0.15) is 6.10 Å². The normalized spacial score (nSPS) is 17.5. The van der Waals surface area contributed by atoms with Gasteiger partial charge < -0.3 is 29.8 Å². The Hall–Kier alpha value is -2.88. The van der Waals surface area contributed by atoms with E-state index >= 15 is 0 Å². The zero-order valence-electron chi connectivity index (χ0n) is 25.3. The molecule has 41 heavy (non-hydrogen) atoms. The van der Waals surface area contributed by atoms with E-state index in [0.29, 0.717) is 84.0 Å². The molecular weight excluding hydrogens is 546 g/mol. The second-order valence-corrected chi connectivity index (χ2v) is 11.7. The van der Waals surface area contributed by atoms with Gasteiger partial charge in [0.2, 0.25) is 11.7 Å². The third kappa shape index (κ3) is 7.70. The van der Waals surface area contributed by atoms with Gasteiger partial charge in [0.05, 0.1) is 5.02 Å². The molecule has 3 N–H and O–H groups in total. The van der Waals surface area contributed by atoms with Crippen molar-refractivity contribution in [2.24, 2.45) is 0 Å². The highest BCUT2D eigenvalue weighted by Crippen LogP contribution is 2.50. The van der Waals surface area contributed by atoms with Gasteiger partial charge in [-0.1, -0.05) is 25.4 Å². The van der Waals surface area contributed by atoms with E-state index in [0.717, 1.165) is 24.0 Å². The summed E-state index contributed by atoms with van der Waals surface area (Å²) in [5, 5.41) is 13.1. The highest BCUT2D eigenvalue weighted by atomic mass is 35.5. The standard InChI is InChI=1S/C31H44ClN3O6/c1-8-21(34-30(39)25(37)9-2)11-10-13-31(6)40-27-20(5)24(17-36)22(26(32)28(27)41-31)12-14-35(7)16-23-18(3)15-19(4)33-29(23)38/h15,17,21,25,37H,8-14,16H2,1-7H3,(H,33,38)(H,34,39). The van der Waals surface area contributed by atoms with E-state index in [1.807, 2.05) is 52.6 Å². The summed E-state index contributed by atoms with van der Waals surface area (Å²) >= 11 is 6.85. The maximum absolute atomic E-state index is 12.5. The molecule has 1 aliphatic heterocycles. The zero-order valence-corrected chi connectivity index (χ0v) is 26.0. The van der Waals surface area contributed by atoms with E-state index in [4.69, 9.17) is 21.1 Å². The number of pyridine rings is 1. The number of rotatable bonds is 14. The molecule has 10 heteroatoms. The predicted molar refractivity (Wildman–Crippen MR) is 160 cm³/mol. The lowest BCUT2D eigenvalue weighted by Gasteiger charge is -2.25. The molecule has 1 amide bonds. The smallest absolute Gasteiger partial charge is 0.252 e. The number of aliphatic hydroxyl groups excluding tert-OH is 1. The van der Waals surface area contributed by atoms with E-state index in [1.165, 1.54) is 0 Å². The number of aldehydes is 1. The Morgan fingerprint density at radius 2 is 1.88 bits per heavy atom. The molecule has 0 radical (unpaired) electrons. The van der Waals surface area contributed by atoms with E-state index in [2.05, 4.69) is 10.3 Å². The van der Waals surface area contributed by atoms with Gasteiger partial charge in [-0.05, 0) is 77.1 Å². The molecular formula is C31H44ClN3O6. The average molecular weight is 590 g/mol. The minimum Gasteiger partial charge on any atom is -0.448 e. The Labute approximate surface area is 247 Å². The second-order valence-electron chi connectivity index (χ2n) is 11.3. The van der Waals surface area contributed by atoms with Gasteiger partial charge in [0, 0.05) is 54.9 Å². The average Bonchev–Trinajstić information content (AvgIpc) is 3.28. The Morgan fingerprint density at radius 1 is 1.20 bits per heavy atom. The number of amides is 1. The van der Waals surface area contributed by atoms with Crippen molar-refractivity contribution < 1.29 is 24.2 Å². The van der Waals surface area contributed by atoms with E-state index < -0.39 is 11.9 Å². The molecule has 1 aromatic heterocycles. The number of nitrogens with one attached hydrogen (secondary N) is 2. The molecule has 0 spiro atoms. The monoisotopic (exact) mass is 589 g/mol. The van der Waals surface area contributed by atoms with Crippen LogP contribution in [0.4, 0.5) is 0 Å². The van der Waals surface area contributed by atoms with Crippen molar-refractivity contribution in [3.63, 3.8) is 0 Å². The SMILES string of the molecule is CCC(CCCC1(C)Oc2c(C)c(C=O)c(CCN(C)Cc3c(C)cc(C)[nH]c3=O)c(Cl)c2O1)NC(=O)C(O)CC. The molecule has 0 aliphatic carbocycles. The third-order valence-electron chi connectivity index (χ3n) is 7.87. The number of fused-ring (bicyclic) bond motifs is 1. The van der Waals surface area contributed by atoms with Crippen LogP contribution in [0.5, 0.6) is 11.5 Å². The number of carbonyl (C=O) groups is 2. The van der Waals surface area contributed by atoms with Crippen molar-refractivity contribution in [3.8, 4) is 11.5 Å². The number of aromatic amines is 1. The van der Waals surface area contributed by atoms with E-state index in [-0.39, 0.29) is 17.5 Å². The lowest BCUT2D eigenvalue weighted by molar-refractivity contribution is -0.130. The Kier molecular flexibility index (Phi) is 11.0. The summed E-state index contributed by atoms with van der Waals surface area (Å²) < 4.78 is 12.5. The highest BCUT2D eigenvalue weighted by Gasteiger charge is 2.40. The minimum atomic E-state index is -1.00. The molecule has 226 valence electrons. The van der Waals surface area contributed by atoms with Crippen molar-refractivity contribution in [2.45, 2.75) is 105 Å². The summed E-state index contributed by atoms with van der Waals surface area (Å²) in [6.07, 6.45) is 3.35. The van der Waals surface area contributed by atoms with Crippen molar-refractivity contribution in [2.75, 3.05) is 13.6 Å². The Bertz CT molecular complexity index is 1330. The predicted octanol–water partition coefficient (Wildman–Crippen LogP) is 4.76. The van der Waals surface area contributed by atoms with Gasteiger partial charge in [-0.3, -0.25) is 14.4 Å². The number of ether oxygens (including phenoxy) is 2. The van der Waals surface area contributed by atoms with Gasteiger partial charge >= 0.3 is 0 Å². The van der Waals surface area contributed by atoms with Crippen molar-refractivity contribution >= 4 is 23.8 Å². The van der Waals surface area contributed by atoms with Gasteiger partial charge in [-0.2, -0.15) is 0 Å². The number of hydrogen-bond acceptors (Lipinski definition) is 7. The van der Waals surface area contributed by atoms with Crippen LogP contribution in [0.15, 0.2) is 10.9 Å². The molecule has 0 fully saturated rings.